The lowest BCUT2D eigenvalue weighted by Gasteiger charge is -2.03. The largest absolute Gasteiger partial charge is 0.358 e. The molecule has 0 saturated carbocycles. The third-order valence-electron chi connectivity index (χ3n) is 1.14. The highest BCUT2D eigenvalue weighted by molar-refractivity contribution is 5.03. The molecule has 0 unspecified atom stereocenters. The second-order valence-electron chi connectivity index (χ2n) is 1.74. The van der Waals surface area contributed by atoms with Gasteiger partial charge in [0.15, 0.2) is 0 Å². The number of nitrogens with zero attached hydrogens (tertiary/aromatic N) is 2. The summed E-state index contributed by atoms with van der Waals surface area (Å²) in [5.74, 6) is 0.120. The Labute approximate surface area is 52.9 Å². The second kappa shape index (κ2) is 2.05. The van der Waals surface area contributed by atoms with Gasteiger partial charge in [-0.15, -0.1) is 0 Å². The maximum Gasteiger partial charge on any atom is 0.315 e. The highest BCUT2D eigenvalue weighted by Gasteiger charge is 2.22. The maximum absolute atomic E-state index is 10.1. The average Bonchev–Trinajstić information content (AvgIpc) is 2.13. The minimum Gasteiger partial charge on any atom is -0.358 e. The van der Waals surface area contributed by atoms with Gasteiger partial charge in [0.2, 0.25) is 6.54 Å². The van der Waals surface area contributed by atoms with Gasteiger partial charge in [0.25, 0.3) is 0 Å². The molecular formula is C5H6N2O2. The van der Waals surface area contributed by atoms with Gasteiger partial charge in [-0.1, -0.05) is 0 Å². The fraction of sp³-hybridized carbons (Fsp3) is 0.400. The summed E-state index contributed by atoms with van der Waals surface area (Å²) in [5.41, 5.74) is 0. The van der Waals surface area contributed by atoms with E-state index in [-0.39, 0.29) is 5.82 Å². The molecule has 48 valence electrons. The quantitative estimate of drug-likeness (QED) is 0.379. The van der Waals surface area contributed by atoms with E-state index in [9.17, 15) is 10.1 Å². The van der Waals surface area contributed by atoms with Gasteiger partial charge in [-0.25, -0.2) is 4.90 Å². The van der Waals surface area contributed by atoms with E-state index in [1.807, 2.05) is 0 Å². The van der Waals surface area contributed by atoms with Crippen LogP contribution in [0.2, 0.25) is 0 Å². The zero-order chi connectivity index (χ0) is 6.85. The molecule has 1 aliphatic rings. The molecule has 2 radical (unpaired) electrons. The first-order valence-corrected chi connectivity index (χ1v) is 2.53. The van der Waals surface area contributed by atoms with Crippen LogP contribution >= 0.6 is 0 Å². The van der Waals surface area contributed by atoms with Gasteiger partial charge in [-0.05, 0) is 4.92 Å². The van der Waals surface area contributed by atoms with Crippen LogP contribution in [0.5, 0.6) is 0 Å². The van der Waals surface area contributed by atoms with Crippen LogP contribution in [0, 0.1) is 16.7 Å². The van der Waals surface area contributed by atoms with Gasteiger partial charge >= 0.3 is 5.82 Å². The van der Waals surface area contributed by atoms with Crippen LogP contribution in [0.3, 0.4) is 0 Å². The van der Waals surface area contributed by atoms with Crippen molar-refractivity contribution in [2.45, 2.75) is 6.42 Å². The fourth-order valence-corrected chi connectivity index (χ4v) is 0.689. The van der Waals surface area contributed by atoms with Crippen molar-refractivity contribution in [2.75, 3.05) is 7.05 Å². The number of rotatable bonds is 1. The Morgan fingerprint density at radius 2 is 2.67 bits per heavy atom. The van der Waals surface area contributed by atoms with Gasteiger partial charge in [-0.2, -0.15) is 0 Å². The van der Waals surface area contributed by atoms with E-state index < -0.39 is 4.92 Å². The maximum atomic E-state index is 10.1. The van der Waals surface area contributed by atoms with E-state index in [2.05, 4.69) is 6.54 Å². The number of hydrogen-bond donors (Lipinski definition) is 0. The van der Waals surface area contributed by atoms with Crippen LogP contribution in [0.4, 0.5) is 0 Å². The lowest BCUT2D eigenvalue weighted by atomic mass is 10.5. The Bertz CT molecular complexity index is 164. The van der Waals surface area contributed by atoms with Crippen molar-refractivity contribution >= 4 is 0 Å². The van der Waals surface area contributed by atoms with Gasteiger partial charge in [0.05, 0.1) is 7.05 Å². The monoisotopic (exact) mass is 126 g/mol. The summed E-state index contributed by atoms with van der Waals surface area (Å²) in [6.07, 6.45) is 2.08. The zero-order valence-corrected chi connectivity index (χ0v) is 5.00. The molecule has 1 aliphatic heterocycles. The van der Waals surface area contributed by atoms with Gasteiger partial charge in [0, 0.05) is 12.5 Å². The van der Waals surface area contributed by atoms with Crippen LogP contribution in [0.15, 0.2) is 11.9 Å². The molecule has 4 nitrogen and oxygen atoms in total. The summed E-state index contributed by atoms with van der Waals surface area (Å²) in [7, 11) is 1.61. The van der Waals surface area contributed by atoms with E-state index in [0.29, 0.717) is 6.42 Å². The van der Waals surface area contributed by atoms with E-state index in [1.54, 1.807) is 7.05 Å². The molecule has 4 heteroatoms. The molecule has 0 aromatic carbocycles. The topological polar surface area (TPSA) is 46.4 Å². The molecule has 9 heavy (non-hydrogen) atoms. The van der Waals surface area contributed by atoms with E-state index in [0.717, 1.165) is 0 Å². The second-order valence-corrected chi connectivity index (χ2v) is 1.74. The molecule has 0 spiro atoms. The summed E-state index contributed by atoms with van der Waals surface area (Å²) < 4.78 is 0. The molecule has 0 aliphatic carbocycles. The fourth-order valence-electron chi connectivity index (χ4n) is 0.689. The summed E-state index contributed by atoms with van der Waals surface area (Å²) in [5, 5.41) is 10.1. The molecule has 0 aromatic rings. The predicted octanol–water partition coefficient (Wildman–Crippen LogP) is 0.479. The molecule has 0 atom stereocenters. The molecule has 0 bridgehead atoms. The Morgan fingerprint density at radius 3 is 2.89 bits per heavy atom. The molecule has 0 N–H and O–H groups in total. The van der Waals surface area contributed by atoms with Crippen molar-refractivity contribution in [3.05, 3.63) is 28.6 Å². The summed E-state index contributed by atoms with van der Waals surface area (Å²) in [4.78, 5) is 11.0. The highest BCUT2D eigenvalue weighted by Crippen LogP contribution is 2.15. The normalized spacial score (nSPS) is 17.9. The summed E-state index contributed by atoms with van der Waals surface area (Å²) >= 11 is 0. The van der Waals surface area contributed by atoms with Crippen molar-refractivity contribution in [1.29, 1.82) is 0 Å². The van der Waals surface area contributed by atoms with Crippen LogP contribution in [0.1, 0.15) is 6.42 Å². The van der Waals surface area contributed by atoms with Gasteiger partial charge in [-0.3, -0.25) is 0 Å². The number of nitro groups is 1. The van der Waals surface area contributed by atoms with Crippen molar-refractivity contribution < 1.29 is 4.92 Å². The molecular weight excluding hydrogens is 120 g/mol. The van der Waals surface area contributed by atoms with Crippen LogP contribution in [0.25, 0.3) is 0 Å². The minimum absolute atomic E-state index is 0.120. The van der Waals surface area contributed by atoms with Gasteiger partial charge in [0.1, 0.15) is 0 Å². The first kappa shape index (κ1) is 6.07. The van der Waals surface area contributed by atoms with Crippen molar-refractivity contribution in [1.82, 2.24) is 4.90 Å². The molecule has 1 rings (SSSR count). The Morgan fingerprint density at radius 1 is 2.00 bits per heavy atom. The zero-order valence-electron chi connectivity index (χ0n) is 5.00. The van der Waals surface area contributed by atoms with Crippen LogP contribution in [-0.2, 0) is 0 Å². The molecule has 1 heterocycles. The summed E-state index contributed by atoms with van der Waals surface area (Å²) in [6, 6.07) is 0. The first-order valence-electron chi connectivity index (χ1n) is 2.53. The molecule has 0 fully saturated rings. The lowest BCUT2D eigenvalue weighted by Crippen LogP contribution is -2.15. The van der Waals surface area contributed by atoms with E-state index >= 15 is 0 Å². The average molecular weight is 126 g/mol. The van der Waals surface area contributed by atoms with E-state index in [4.69, 9.17) is 0 Å². The first-order chi connectivity index (χ1) is 4.22. The highest BCUT2D eigenvalue weighted by atomic mass is 16.6. The Kier molecular flexibility index (Phi) is 1.38. The minimum atomic E-state index is -0.417. The van der Waals surface area contributed by atoms with Gasteiger partial charge < -0.3 is 10.1 Å². The molecule has 0 aromatic heterocycles. The Balaban J connectivity index is 2.68. The molecule has 0 amide bonds. The third-order valence-corrected chi connectivity index (χ3v) is 1.14. The number of hydrogen-bond acceptors (Lipinski definition) is 3. The summed E-state index contributed by atoms with van der Waals surface area (Å²) in [6.45, 7) is 2.75. The van der Waals surface area contributed by atoms with Crippen molar-refractivity contribution in [3.8, 4) is 0 Å². The van der Waals surface area contributed by atoms with Crippen LogP contribution in [-0.4, -0.2) is 16.9 Å². The van der Waals surface area contributed by atoms with Crippen molar-refractivity contribution in [2.24, 2.45) is 0 Å². The van der Waals surface area contributed by atoms with Crippen molar-refractivity contribution in [3.63, 3.8) is 0 Å². The lowest BCUT2D eigenvalue weighted by molar-refractivity contribution is -0.442. The molecule has 0 saturated heterocycles. The smallest absolute Gasteiger partial charge is 0.315 e. The predicted molar refractivity (Wildman–Crippen MR) is 30.7 cm³/mol. The van der Waals surface area contributed by atoms with Crippen LogP contribution < -0.4 is 0 Å². The SMILES string of the molecule is CN1[C]CC=C1[N+](=O)[O-]. The Hall–Kier alpha value is -1.06. The third kappa shape index (κ3) is 1.01. The standard InChI is InChI=1S/C5H6N2O2/c1-6-4-2-3-5(6)7(8)9/h3H,2H2,1H3. The van der Waals surface area contributed by atoms with E-state index in [1.165, 1.54) is 11.0 Å².